The van der Waals surface area contributed by atoms with Crippen LogP contribution in [-0.2, 0) is 20.1 Å². The SMILES string of the molecule is CCNCc1ccn(Cc2ncnn2C)n1. The van der Waals surface area contributed by atoms with E-state index in [1.165, 1.54) is 0 Å². The van der Waals surface area contributed by atoms with Crippen molar-refractivity contribution in [1.29, 1.82) is 0 Å². The maximum absolute atomic E-state index is 4.44. The first kappa shape index (κ1) is 10.8. The molecule has 6 heteroatoms. The Balaban J connectivity index is 2.00. The minimum absolute atomic E-state index is 0.655. The van der Waals surface area contributed by atoms with Crippen LogP contribution >= 0.6 is 0 Å². The lowest BCUT2D eigenvalue weighted by molar-refractivity contribution is 0.594. The van der Waals surface area contributed by atoms with E-state index in [0.717, 1.165) is 24.6 Å². The Labute approximate surface area is 94.3 Å². The third kappa shape index (κ3) is 2.46. The molecule has 2 heterocycles. The van der Waals surface area contributed by atoms with E-state index in [0.29, 0.717) is 6.54 Å². The number of aryl methyl sites for hydroxylation is 1. The Morgan fingerprint density at radius 2 is 2.31 bits per heavy atom. The summed E-state index contributed by atoms with van der Waals surface area (Å²) in [4.78, 5) is 4.16. The lowest BCUT2D eigenvalue weighted by Crippen LogP contribution is -2.13. The molecule has 0 radical (unpaired) electrons. The van der Waals surface area contributed by atoms with Crippen LogP contribution in [0, 0.1) is 0 Å². The zero-order valence-electron chi connectivity index (χ0n) is 9.59. The van der Waals surface area contributed by atoms with E-state index in [9.17, 15) is 0 Å². The first-order valence-electron chi connectivity index (χ1n) is 5.35. The number of hydrogen-bond donors (Lipinski definition) is 1. The van der Waals surface area contributed by atoms with Crippen molar-refractivity contribution < 1.29 is 0 Å². The van der Waals surface area contributed by atoms with E-state index < -0.39 is 0 Å². The summed E-state index contributed by atoms with van der Waals surface area (Å²) in [6.07, 6.45) is 3.51. The smallest absolute Gasteiger partial charge is 0.148 e. The third-order valence-electron chi connectivity index (χ3n) is 2.36. The fraction of sp³-hybridized carbons (Fsp3) is 0.500. The molecule has 1 N–H and O–H groups in total. The van der Waals surface area contributed by atoms with Gasteiger partial charge in [0.1, 0.15) is 18.7 Å². The average molecular weight is 220 g/mol. The highest BCUT2D eigenvalue weighted by Gasteiger charge is 2.03. The van der Waals surface area contributed by atoms with E-state index in [2.05, 4.69) is 27.4 Å². The summed E-state index contributed by atoms with van der Waals surface area (Å²) < 4.78 is 3.63. The first-order valence-corrected chi connectivity index (χ1v) is 5.35. The molecule has 0 fully saturated rings. The molecule has 0 aromatic carbocycles. The van der Waals surface area contributed by atoms with Crippen molar-refractivity contribution in [3.8, 4) is 0 Å². The number of nitrogens with one attached hydrogen (secondary N) is 1. The first-order chi connectivity index (χ1) is 7.79. The molecule has 0 amide bonds. The highest BCUT2D eigenvalue weighted by Crippen LogP contribution is 1.99. The van der Waals surface area contributed by atoms with Crippen LogP contribution in [-0.4, -0.2) is 31.1 Å². The van der Waals surface area contributed by atoms with Crippen LogP contribution in [0.3, 0.4) is 0 Å². The Hall–Kier alpha value is -1.69. The Morgan fingerprint density at radius 1 is 1.44 bits per heavy atom. The summed E-state index contributed by atoms with van der Waals surface area (Å²) in [6.45, 7) is 4.50. The molecular weight excluding hydrogens is 204 g/mol. The maximum Gasteiger partial charge on any atom is 0.148 e. The van der Waals surface area contributed by atoms with Gasteiger partial charge in [0.15, 0.2) is 0 Å². The predicted molar refractivity (Wildman–Crippen MR) is 59.7 cm³/mol. The second kappa shape index (κ2) is 4.89. The molecule has 0 spiro atoms. The molecule has 16 heavy (non-hydrogen) atoms. The zero-order chi connectivity index (χ0) is 11.4. The molecule has 0 aliphatic carbocycles. The second-order valence-electron chi connectivity index (χ2n) is 3.58. The highest BCUT2D eigenvalue weighted by molar-refractivity contribution is 4.99. The molecule has 0 unspecified atom stereocenters. The number of hydrogen-bond acceptors (Lipinski definition) is 4. The number of nitrogens with zero attached hydrogens (tertiary/aromatic N) is 5. The second-order valence-corrected chi connectivity index (χ2v) is 3.58. The molecule has 2 aromatic heterocycles. The quantitative estimate of drug-likeness (QED) is 0.780. The van der Waals surface area contributed by atoms with E-state index in [4.69, 9.17) is 0 Å². The van der Waals surface area contributed by atoms with Crippen molar-refractivity contribution >= 4 is 0 Å². The Kier molecular flexibility index (Phi) is 3.31. The van der Waals surface area contributed by atoms with Gasteiger partial charge >= 0.3 is 0 Å². The van der Waals surface area contributed by atoms with Crippen LogP contribution in [0.4, 0.5) is 0 Å². The van der Waals surface area contributed by atoms with Crippen molar-refractivity contribution in [2.75, 3.05) is 6.54 Å². The standard InChI is InChI=1S/C10H16N6/c1-3-11-6-9-4-5-16(14-9)7-10-12-8-13-15(10)2/h4-5,8,11H,3,6-7H2,1-2H3. The topological polar surface area (TPSA) is 60.6 Å². The van der Waals surface area contributed by atoms with Crippen LogP contribution in [0.2, 0.25) is 0 Å². The van der Waals surface area contributed by atoms with Gasteiger partial charge in [-0.15, -0.1) is 0 Å². The van der Waals surface area contributed by atoms with Gasteiger partial charge in [0.25, 0.3) is 0 Å². The Morgan fingerprint density at radius 3 is 3.00 bits per heavy atom. The van der Waals surface area contributed by atoms with Gasteiger partial charge in [-0.05, 0) is 12.6 Å². The fourth-order valence-electron chi connectivity index (χ4n) is 1.45. The van der Waals surface area contributed by atoms with Crippen LogP contribution < -0.4 is 5.32 Å². The average Bonchev–Trinajstić information content (AvgIpc) is 2.87. The summed E-state index contributed by atoms with van der Waals surface area (Å²) in [5.74, 6) is 0.901. The number of aromatic nitrogens is 5. The van der Waals surface area contributed by atoms with Crippen molar-refractivity contribution in [3.05, 3.63) is 30.1 Å². The lowest BCUT2D eigenvalue weighted by Gasteiger charge is -2.00. The molecular formula is C10H16N6. The molecule has 2 rings (SSSR count). The maximum atomic E-state index is 4.44. The van der Waals surface area contributed by atoms with E-state index in [-0.39, 0.29) is 0 Å². The summed E-state index contributed by atoms with van der Waals surface area (Å²) in [6, 6.07) is 2.01. The summed E-state index contributed by atoms with van der Waals surface area (Å²) >= 11 is 0. The normalized spacial score (nSPS) is 10.9. The molecule has 2 aromatic rings. The summed E-state index contributed by atoms with van der Waals surface area (Å²) in [5, 5.41) is 11.7. The molecule has 86 valence electrons. The summed E-state index contributed by atoms with van der Waals surface area (Å²) in [5.41, 5.74) is 1.05. The third-order valence-corrected chi connectivity index (χ3v) is 2.36. The fourth-order valence-corrected chi connectivity index (χ4v) is 1.45. The van der Waals surface area contributed by atoms with Gasteiger partial charge in [-0.25, -0.2) is 4.98 Å². The molecule has 0 atom stereocenters. The Bertz CT molecular complexity index is 444. The number of rotatable bonds is 5. The van der Waals surface area contributed by atoms with Crippen molar-refractivity contribution in [3.63, 3.8) is 0 Å². The van der Waals surface area contributed by atoms with Crippen LogP contribution in [0.1, 0.15) is 18.4 Å². The van der Waals surface area contributed by atoms with Gasteiger partial charge in [0.2, 0.25) is 0 Å². The van der Waals surface area contributed by atoms with Gasteiger partial charge in [-0.1, -0.05) is 6.92 Å². The van der Waals surface area contributed by atoms with Gasteiger partial charge in [0.05, 0.1) is 5.69 Å². The van der Waals surface area contributed by atoms with Crippen molar-refractivity contribution in [2.24, 2.45) is 7.05 Å². The predicted octanol–water partition coefficient (Wildman–Crippen LogP) is 0.169. The zero-order valence-corrected chi connectivity index (χ0v) is 9.59. The minimum atomic E-state index is 0.655. The molecule has 0 aliphatic rings. The van der Waals surface area contributed by atoms with Crippen LogP contribution in [0.5, 0.6) is 0 Å². The van der Waals surface area contributed by atoms with Crippen LogP contribution in [0.25, 0.3) is 0 Å². The molecule has 0 saturated heterocycles. The van der Waals surface area contributed by atoms with E-state index in [1.807, 2.05) is 24.0 Å². The van der Waals surface area contributed by atoms with Gasteiger partial charge in [-0.3, -0.25) is 9.36 Å². The molecule has 0 bridgehead atoms. The highest BCUT2D eigenvalue weighted by atomic mass is 15.4. The van der Waals surface area contributed by atoms with E-state index in [1.54, 1.807) is 11.0 Å². The van der Waals surface area contributed by atoms with Gasteiger partial charge < -0.3 is 5.32 Å². The molecule has 6 nitrogen and oxygen atoms in total. The van der Waals surface area contributed by atoms with Gasteiger partial charge in [-0.2, -0.15) is 10.2 Å². The summed E-state index contributed by atoms with van der Waals surface area (Å²) in [7, 11) is 1.88. The van der Waals surface area contributed by atoms with Gasteiger partial charge in [0, 0.05) is 19.8 Å². The van der Waals surface area contributed by atoms with Crippen LogP contribution in [0.15, 0.2) is 18.6 Å². The molecule has 0 saturated carbocycles. The lowest BCUT2D eigenvalue weighted by atomic mass is 10.4. The minimum Gasteiger partial charge on any atom is -0.311 e. The largest absolute Gasteiger partial charge is 0.311 e. The van der Waals surface area contributed by atoms with Crippen molar-refractivity contribution in [1.82, 2.24) is 29.9 Å². The van der Waals surface area contributed by atoms with E-state index >= 15 is 0 Å². The van der Waals surface area contributed by atoms with Crippen molar-refractivity contribution in [2.45, 2.75) is 20.0 Å². The monoisotopic (exact) mass is 220 g/mol. The molecule has 0 aliphatic heterocycles.